The second kappa shape index (κ2) is 7.58. The van der Waals surface area contributed by atoms with Gasteiger partial charge < -0.3 is 15.4 Å². The monoisotopic (exact) mass is 331 g/mol. The number of amides is 2. The molecule has 0 saturated carbocycles. The van der Waals surface area contributed by atoms with E-state index < -0.39 is 11.8 Å². The van der Waals surface area contributed by atoms with Crippen molar-refractivity contribution in [2.45, 2.75) is 26.7 Å². The number of benzene rings is 1. The summed E-state index contributed by atoms with van der Waals surface area (Å²) in [6.45, 7) is 6.06. The zero-order valence-electron chi connectivity index (χ0n) is 14.1. The summed E-state index contributed by atoms with van der Waals surface area (Å²) in [7, 11) is 1.47. The smallest absolute Gasteiger partial charge is 0.275 e. The molecule has 1 aromatic heterocycles. The molecular weight excluding hydrogens is 310 g/mol. The summed E-state index contributed by atoms with van der Waals surface area (Å²) in [6.07, 6.45) is 0. The first-order valence-corrected chi connectivity index (χ1v) is 7.58. The molecule has 0 spiro atoms. The number of nitrogens with zero attached hydrogens (tertiary/aromatic N) is 2. The first-order chi connectivity index (χ1) is 11.4. The van der Waals surface area contributed by atoms with E-state index in [4.69, 9.17) is 4.74 Å². The van der Waals surface area contributed by atoms with Crippen molar-refractivity contribution in [2.24, 2.45) is 0 Å². The van der Waals surface area contributed by atoms with Gasteiger partial charge in [0.05, 0.1) is 0 Å². The van der Waals surface area contributed by atoms with Crippen molar-refractivity contribution < 1.29 is 14.3 Å². The van der Waals surface area contributed by atoms with E-state index in [0.29, 0.717) is 11.7 Å². The average molecular weight is 331 g/mol. The van der Waals surface area contributed by atoms with Crippen molar-refractivity contribution in [3.63, 3.8) is 0 Å². The molecule has 128 valence electrons. The van der Waals surface area contributed by atoms with E-state index in [0.717, 1.165) is 5.56 Å². The lowest BCUT2D eigenvalue weighted by Gasteiger charge is -2.12. The quantitative estimate of drug-likeness (QED) is 0.745. The summed E-state index contributed by atoms with van der Waals surface area (Å²) in [5.41, 5.74) is 2.37. The number of hydrogen-bond donors (Lipinski definition) is 3. The highest BCUT2D eigenvalue weighted by Gasteiger charge is 2.17. The number of aromatic amines is 1. The minimum Gasteiger partial charge on any atom is -0.484 e. The summed E-state index contributed by atoms with van der Waals surface area (Å²) in [5, 5.41) is 14.6. The number of carbonyl (C=O) groups excluding carboxylic acids is 2. The zero-order chi connectivity index (χ0) is 17.7. The fourth-order valence-corrected chi connectivity index (χ4v) is 2.30. The van der Waals surface area contributed by atoms with E-state index in [-0.39, 0.29) is 18.1 Å². The van der Waals surface area contributed by atoms with Gasteiger partial charge in [-0.25, -0.2) is 0 Å². The lowest BCUT2D eigenvalue weighted by molar-refractivity contribution is -0.118. The Morgan fingerprint density at radius 3 is 2.67 bits per heavy atom. The maximum atomic E-state index is 12.0. The molecule has 0 atom stereocenters. The van der Waals surface area contributed by atoms with Crippen LogP contribution in [-0.4, -0.2) is 40.9 Å². The van der Waals surface area contributed by atoms with E-state index in [2.05, 4.69) is 39.9 Å². The number of hydrogen-bond acceptors (Lipinski definition) is 5. The molecule has 2 amide bonds. The minimum absolute atomic E-state index is 0.0166. The van der Waals surface area contributed by atoms with E-state index in [1.165, 1.54) is 12.6 Å². The van der Waals surface area contributed by atoms with Gasteiger partial charge in [-0.3, -0.25) is 9.59 Å². The Morgan fingerprint density at radius 2 is 2.04 bits per heavy atom. The molecule has 8 heteroatoms. The van der Waals surface area contributed by atoms with Gasteiger partial charge in [0.25, 0.3) is 11.8 Å². The highest BCUT2D eigenvalue weighted by atomic mass is 16.5. The number of nitrogens with one attached hydrogen (secondary N) is 3. The Labute approximate surface area is 140 Å². The lowest BCUT2D eigenvalue weighted by Crippen LogP contribution is -2.24. The molecule has 0 unspecified atom stereocenters. The van der Waals surface area contributed by atoms with Gasteiger partial charge in [-0.1, -0.05) is 19.9 Å². The Balaban J connectivity index is 1.96. The van der Waals surface area contributed by atoms with Gasteiger partial charge in [0, 0.05) is 7.05 Å². The fourth-order valence-electron chi connectivity index (χ4n) is 2.30. The Kier molecular flexibility index (Phi) is 5.51. The first-order valence-electron chi connectivity index (χ1n) is 7.58. The molecule has 8 nitrogen and oxygen atoms in total. The van der Waals surface area contributed by atoms with Crippen LogP contribution in [-0.2, 0) is 4.79 Å². The summed E-state index contributed by atoms with van der Waals surface area (Å²) >= 11 is 0. The van der Waals surface area contributed by atoms with E-state index >= 15 is 0 Å². The van der Waals surface area contributed by atoms with Crippen LogP contribution in [0.15, 0.2) is 18.2 Å². The van der Waals surface area contributed by atoms with E-state index in [1.807, 2.05) is 25.1 Å². The third-order valence-electron chi connectivity index (χ3n) is 3.48. The summed E-state index contributed by atoms with van der Waals surface area (Å²) in [6, 6.07) is 5.73. The van der Waals surface area contributed by atoms with Crippen LogP contribution in [0.1, 0.15) is 41.4 Å². The molecule has 0 radical (unpaired) electrons. The number of aryl methyl sites for hydroxylation is 1. The predicted octanol–water partition coefficient (Wildman–Crippen LogP) is 1.61. The van der Waals surface area contributed by atoms with Crippen molar-refractivity contribution in [3.8, 4) is 5.75 Å². The fraction of sp³-hybridized carbons (Fsp3) is 0.375. The third-order valence-corrected chi connectivity index (χ3v) is 3.48. The van der Waals surface area contributed by atoms with Gasteiger partial charge in [-0.15, -0.1) is 10.2 Å². The molecule has 0 aliphatic carbocycles. The highest BCUT2D eigenvalue weighted by Crippen LogP contribution is 2.23. The highest BCUT2D eigenvalue weighted by molar-refractivity contribution is 6.01. The van der Waals surface area contributed by atoms with Crippen LogP contribution in [0, 0.1) is 6.92 Å². The summed E-state index contributed by atoms with van der Waals surface area (Å²) < 4.78 is 5.49. The van der Waals surface area contributed by atoms with Gasteiger partial charge in [-0.05, 0) is 36.1 Å². The van der Waals surface area contributed by atoms with Crippen molar-refractivity contribution >= 4 is 17.6 Å². The van der Waals surface area contributed by atoms with Crippen LogP contribution in [0.2, 0.25) is 0 Å². The van der Waals surface area contributed by atoms with E-state index in [1.54, 1.807) is 0 Å². The molecule has 0 aliphatic heterocycles. The van der Waals surface area contributed by atoms with Crippen LogP contribution in [0.3, 0.4) is 0 Å². The molecular formula is C16H21N5O3. The number of H-pyrrole nitrogens is 1. The number of aromatic nitrogens is 3. The molecule has 0 aliphatic rings. The molecule has 24 heavy (non-hydrogen) atoms. The molecule has 0 fully saturated rings. The van der Waals surface area contributed by atoms with Crippen molar-refractivity contribution in [1.29, 1.82) is 0 Å². The SMILES string of the molecule is CNC(=O)c1n[nH]nc1NC(=O)COc1ccc(C(C)C)c(C)c1. The van der Waals surface area contributed by atoms with Crippen molar-refractivity contribution in [2.75, 3.05) is 19.0 Å². The second-order valence-electron chi connectivity index (χ2n) is 5.61. The van der Waals surface area contributed by atoms with Crippen LogP contribution in [0.4, 0.5) is 5.82 Å². The molecule has 0 bridgehead atoms. The molecule has 1 aromatic carbocycles. The maximum Gasteiger partial charge on any atom is 0.275 e. The molecule has 2 rings (SSSR count). The minimum atomic E-state index is -0.445. The normalized spacial score (nSPS) is 10.5. The van der Waals surface area contributed by atoms with Crippen molar-refractivity contribution in [1.82, 2.24) is 20.7 Å². The van der Waals surface area contributed by atoms with Crippen LogP contribution in [0.25, 0.3) is 0 Å². The van der Waals surface area contributed by atoms with Crippen LogP contribution in [0.5, 0.6) is 5.75 Å². The number of anilines is 1. The predicted molar refractivity (Wildman–Crippen MR) is 89.2 cm³/mol. The topological polar surface area (TPSA) is 109 Å². The van der Waals surface area contributed by atoms with Gasteiger partial charge >= 0.3 is 0 Å². The lowest BCUT2D eigenvalue weighted by atomic mass is 9.98. The Hall–Kier alpha value is -2.90. The Morgan fingerprint density at radius 1 is 1.29 bits per heavy atom. The van der Waals surface area contributed by atoms with Gasteiger partial charge in [0.1, 0.15) is 5.75 Å². The largest absolute Gasteiger partial charge is 0.484 e. The van der Waals surface area contributed by atoms with Gasteiger partial charge in [-0.2, -0.15) is 5.21 Å². The molecule has 1 heterocycles. The molecule has 3 N–H and O–H groups in total. The van der Waals surface area contributed by atoms with Gasteiger partial charge in [0.2, 0.25) is 0 Å². The number of carbonyl (C=O) groups is 2. The van der Waals surface area contributed by atoms with Crippen LogP contribution >= 0.6 is 0 Å². The molecule has 0 saturated heterocycles. The first kappa shape index (κ1) is 17.5. The van der Waals surface area contributed by atoms with Crippen molar-refractivity contribution in [3.05, 3.63) is 35.0 Å². The summed E-state index contributed by atoms with van der Waals surface area (Å²) in [4.78, 5) is 23.5. The van der Waals surface area contributed by atoms with Gasteiger partial charge in [0.15, 0.2) is 18.1 Å². The maximum absolute atomic E-state index is 12.0. The average Bonchev–Trinajstić information content (AvgIpc) is 3.00. The Bertz CT molecular complexity index is 739. The zero-order valence-corrected chi connectivity index (χ0v) is 14.1. The third kappa shape index (κ3) is 4.09. The number of ether oxygens (including phenoxy) is 1. The summed E-state index contributed by atoms with van der Waals surface area (Å²) in [5.74, 6) is 0.227. The number of rotatable bonds is 6. The molecule has 2 aromatic rings. The standard InChI is InChI=1S/C16H21N5O3/c1-9(2)12-6-5-11(7-10(12)3)24-8-13(22)18-15-14(16(23)17-4)19-21-20-15/h5-7,9H,8H2,1-4H3,(H,17,23)(H2,18,19,20,21,22). The second-order valence-corrected chi connectivity index (χ2v) is 5.61. The van der Waals surface area contributed by atoms with E-state index in [9.17, 15) is 9.59 Å². The van der Waals surface area contributed by atoms with Crippen LogP contribution < -0.4 is 15.4 Å².